The number of nitrogens with zero attached hydrogens (tertiary/aromatic N) is 2. The average molecular weight is 449 g/mol. The summed E-state index contributed by atoms with van der Waals surface area (Å²) in [4.78, 5) is 27.5. The van der Waals surface area contributed by atoms with Gasteiger partial charge in [0.15, 0.2) is 0 Å². The summed E-state index contributed by atoms with van der Waals surface area (Å²) >= 11 is 1.02. The molecular weight excluding hydrogens is 423 g/mol. The number of fused-ring (bicyclic) bond motifs is 1. The topological polar surface area (TPSA) is 42.3 Å². The molecule has 1 aliphatic carbocycles. The van der Waals surface area contributed by atoms with E-state index in [1.165, 1.54) is 30.2 Å². The molecule has 1 aliphatic heterocycles. The fourth-order valence-electron chi connectivity index (χ4n) is 4.76. The van der Waals surface area contributed by atoms with E-state index in [0.29, 0.717) is 29.5 Å². The summed E-state index contributed by atoms with van der Waals surface area (Å²) in [6.07, 6.45) is 9.53. The highest BCUT2D eigenvalue weighted by molar-refractivity contribution is 8.18. The van der Waals surface area contributed by atoms with Gasteiger partial charge in [0.05, 0.1) is 11.4 Å². The Morgan fingerprint density at radius 3 is 2.56 bits per heavy atom. The number of halogens is 1. The SMILES string of the molecule is O=C1S/C(=C/c2cn(Cc3ccccc3F)c3ccccc23)C(=O)N1CC1CCCCC1. The predicted molar refractivity (Wildman–Crippen MR) is 127 cm³/mol. The molecule has 2 amide bonds. The number of aromatic nitrogens is 1. The van der Waals surface area contributed by atoms with Crippen LogP contribution in [0.5, 0.6) is 0 Å². The molecule has 2 heterocycles. The standard InChI is InChI=1S/C26H25FN2O2S/c27-22-12-6-4-10-19(22)16-28-17-20(21-11-5-7-13-23(21)28)14-24-25(30)29(26(31)32-24)15-18-8-2-1-3-9-18/h4-7,10-14,17-18H,1-3,8-9,15-16H2/b24-14+. The van der Waals surface area contributed by atoms with Gasteiger partial charge in [0.25, 0.3) is 11.1 Å². The van der Waals surface area contributed by atoms with Gasteiger partial charge < -0.3 is 4.57 Å². The Hall–Kier alpha value is -2.86. The quantitative estimate of drug-likeness (QED) is 0.422. The van der Waals surface area contributed by atoms with E-state index in [2.05, 4.69) is 0 Å². The van der Waals surface area contributed by atoms with Crippen LogP contribution in [-0.2, 0) is 11.3 Å². The van der Waals surface area contributed by atoms with Crippen LogP contribution < -0.4 is 0 Å². The van der Waals surface area contributed by atoms with Crippen molar-refractivity contribution < 1.29 is 14.0 Å². The van der Waals surface area contributed by atoms with E-state index in [0.717, 1.165) is 41.1 Å². The summed E-state index contributed by atoms with van der Waals surface area (Å²) in [5.41, 5.74) is 2.43. The van der Waals surface area contributed by atoms with Crippen LogP contribution in [-0.4, -0.2) is 27.2 Å². The molecule has 2 fully saturated rings. The molecule has 0 radical (unpaired) electrons. The van der Waals surface area contributed by atoms with Crippen LogP contribution in [0.3, 0.4) is 0 Å². The van der Waals surface area contributed by atoms with Gasteiger partial charge in [-0.25, -0.2) is 4.39 Å². The van der Waals surface area contributed by atoms with Crippen LogP contribution in [0.25, 0.3) is 17.0 Å². The van der Waals surface area contributed by atoms with E-state index in [4.69, 9.17) is 0 Å². The summed E-state index contributed by atoms with van der Waals surface area (Å²) < 4.78 is 16.2. The highest BCUT2D eigenvalue weighted by atomic mass is 32.2. The average Bonchev–Trinajstić information content (AvgIpc) is 3.28. The first-order valence-electron chi connectivity index (χ1n) is 11.2. The van der Waals surface area contributed by atoms with Crippen molar-refractivity contribution in [3.8, 4) is 0 Å². The second kappa shape index (κ2) is 8.94. The third-order valence-corrected chi connectivity index (χ3v) is 7.35. The highest BCUT2D eigenvalue weighted by Crippen LogP contribution is 2.36. The number of thioether (sulfide) groups is 1. The Bertz CT molecular complexity index is 1210. The number of carbonyl (C=O) groups excluding carboxylic acids is 2. The zero-order valence-electron chi connectivity index (χ0n) is 17.8. The van der Waals surface area contributed by atoms with Crippen LogP contribution in [0.1, 0.15) is 43.2 Å². The molecule has 2 aliphatic rings. The summed E-state index contributed by atoms with van der Waals surface area (Å²) in [7, 11) is 0. The Kier molecular flexibility index (Phi) is 5.87. The lowest BCUT2D eigenvalue weighted by molar-refractivity contribution is -0.123. The van der Waals surface area contributed by atoms with Crippen LogP contribution in [0.4, 0.5) is 9.18 Å². The summed E-state index contributed by atoms with van der Waals surface area (Å²) in [5, 5.41) is 0.796. The van der Waals surface area contributed by atoms with Gasteiger partial charge >= 0.3 is 0 Å². The first-order valence-corrected chi connectivity index (χ1v) is 12.0. The molecule has 32 heavy (non-hydrogen) atoms. The van der Waals surface area contributed by atoms with Crippen molar-refractivity contribution in [2.24, 2.45) is 5.92 Å². The van der Waals surface area contributed by atoms with Gasteiger partial charge in [-0.05, 0) is 48.7 Å². The Morgan fingerprint density at radius 1 is 1.00 bits per heavy atom. The first-order chi connectivity index (χ1) is 15.6. The number of benzene rings is 2. The molecule has 2 aromatic carbocycles. The van der Waals surface area contributed by atoms with Gasteiger partial charge in [-0.2, -0.15) is 0 Å². The summed E-state index contributed by atoms with van der Waals surface area (Å²) in [6.45, 7) is 0.918. The molecule has 0 bridgehead atoms. The number of hydrogen-bond acceptors (Lipinski definition) is 3. The number of hydrogen-bond donors (Lipinski definition) is 0. The molecule has 1 aromatic heterocycles. The molecule has 4 nitrogen and oxygen atoms in total. The minimum Gasteiger partial charge on any atom is -0.342 e. The maximum Gasteiger partial charge on any atom is 0.293 e. The lowest BCUT2D eigenvalue weighted by Gasteiger charge is -2.25. The Morgan fingerprint density at radius 2 is 1.75 bits per heavy atom. The molecule has 0 unspecified atom stereocenters. The van der Waals surface area contributed by atoms with Crippen molar-refractivity contribution in [3.05, 3.63) is 76.6 Å². The number of imide groups is 1. The van der Waals surface area contributed by atoms with Gasteiger partial charge in [0.2, 0.25) is 0 Å². The maximum atomic E-state index is 14.2. The van der Waals surface area contributed by atoms with E-state index in [9.17, 15) is 14.0 Å². The molecular formula is C26H25FN2O2S. The van der Waals surface area contributed by atoms with Gasteiger partial charge in [0.1, 0.15) is 5.82 Å². The monoisotopic (exact) mass is 448 g/mol. The lowest BCUT2D eigenvalue weighted by Crippen LogP contribution is -2.34. The Labute approximate surface area is 191 Å². The van der Waals surface area contributed by atoms with Gasteiger partial charge in [-0.1, -0.05) is 55.7 Å². The number of amides is 2. The predicted octanol–water partition coefficient (Wildman–Crippen LogP) is 6.45. The van der Waals surface area contributed by atoms with Crippen molar-refractivity contribution >= 4 is 39.9 Å². The fraction of sp³-hybridized carbons (Fsp3) is 0.308. The first kappa shape index (κ1) is 21.0. The largest absolute Gasteiger partial charge is 0.342 e. The Balaban J connectivity index is 1.44. The minimum atomic E-state index is -0.240. The molecule has 0 N–H and O–H groups in total. The second-order valence-electron chi connectivity index (χ2n) is 8.62. The van der Waals surface area contributed by atoms with Gasteiger partial charge in [-0.3, -0.25) is 14.5 Å². The molecule has 6 heteroatoms. The van der Waals surface area contributed by atoms with Crippen molar-refractivity contribution in [3.63, 3.8) is 0 Å². The number of carbonyl (C=O) groups is 2. The molecule has 0 atom stereocenters. The zero-order valence-corrected chi connectivity index (χ0v) is 18.6. The van der Waals surface area contributed by atoms with Gasteiger partial charge in [-0.15, -0.1) is 0 Å². The van der Waals surface area contributed by atoms with E-state index in [1.54, 1.807) is 12.1 Å². The third-order valence-electron chi connectivity index (χ3n) is 6.44. The molecule has 0 spiro atoms. The smallest absolute Gasteiger partial charge is 0.293 e. The minimum absolute atomic E-state index is 0.179. The third kappa shape index (κ3) is 4.11. The van der Waals surface area contributed by atoms with Crippen molar-refractivity contribution in [1.29, 1.82) is 0 Å². The van der Waals surface area contributed by atoms with E-state index < -0.39 is 0 Å². The highest BCUT2D eigenvalue weighted by Gasteiger charge is 2.36. The van der Waals surface area contributed by atoms with Crippen molar-refractivity contribution in [1.82, 2.24) is 9.47 Å². The summed E-state index contributed by atoms with van der Waals surface area (Å²) in [5.74, 6) is -0.0218. The normalized spacial score (nSPS) is 18.9. The van der Waals surface area contributed by atoms with Crippen molar-refractivity contribution in [2.75, 3.05) is 6.54 Å². The molecule has 1 saturated carbocycles. The van der Waals surface area contributed by atoms with E-state index in [-0.39, 0.29) is 17.0 Å². The van der Waals surface area contributed by atoms with Gasteiger partial charge in [0, 0.05) is 34.8 Å². The molecule has 164 valence electrons. The van der Waals surface area contributed by atoms with Crippen LogP contribution in [0, 0.1) is 11.7 Å². The number of para-hydroxylation sites is 1. The lowest BCUT2D eigenvalue weighted by atomic mass is 9.89. The van der Waals surface area contributed by atoms with E-state index >= 15 is 0 Å². The fourth-order valence-corrected chi connectivity index (χ4v) is 5.60. The van der Waals surface area contributed by atoms with Crippen molar-refractivity contribution in [2.45, 2.75) is 38.6 Å². The maximum absolute atomic E-state index is 14.2. The molecule has 5 rings (SSSR count). The number of rotatable bonds is 5. The molecule has 3 aromatic rings. The zero-order chi connectivity index (χ0) is 22.1. The van der Waals surface area contributed by atoms with Crippen LogP contribution in [0.2, 0.25) is 0 Å². The second-order valence-corrected chi connectivity index (χ2v) is 9.61. The van der Waals surface area contributed by atoms with Crippen LogP contribution >= 0.6 is 11.8 Å². The summed E-state index contributed by atoms with van der Waals surface area (Å²) in [6, 6.07) is 14.6. The van der Waals surface area contributed by atoms with E-state index in [1.807, 2.05) is 47.2 Å². The van der Waals surface area contributed by atoms with Crippen LogP contribution in [0.15, 0.2) is 59.6 Å². The molecule has 1 saturated heterocycles.